The van der Waals surface area contributed by atoms with Crippen molar-refractivity contribution in [3.8, 4) is 0 Å². The fourth-order valence-electron chi connectivity index (χ4n) is 2.65. The second kappa shape index (κ2) is 11.3. The molecule has 0 spiro atoms. The maximum absolute atomic E-state index is 12.2. The molecule has 0 saturated heterocycles. The number of hydrogen-bond acceptors (Lipinski definition) is 5. The van der Waals surface area contributed by atoms with Crippen molar-refractivity contribution in [1.82, 2.24) is 10.0 Å². The average Bonchev–Trinajstić information content (AvgIpc) is 2.72. The summed E-state index contributed by atoms with van der Waals surface area (Å²) in [6.45, 7) is 2.08. The van der Waals surface area contributed by atoms with Gasteiger partial charge in [-0.1, -0.05) is 48.0 Å². The van der Waals surface area contributed by atoms with Gasteiger partial charge in [0, 0.05) is 6.54 Å². The van der Waals surface area contributed by atoms with Gasteiger partial charge in [-0.3, -0.25) is 0 Å². The average molecular weight is 435 g/mol. The Kier molecular flexibility index (Phi) is 8.82. The Morgan fingerprint density at radius 3 is 2.33 bits per heavy atom. The number of carbonyl (C=O) groups is 2. The van der Waals surface area contributed by atoms with Gasteiger partial charge >= 0.3 is 12.1 Å². The lowest BCUT2D eigenvalue weighted by Gasteiger charge is -2.14. The smallest absolute Gasteiger partial charge is 0.408 e. The van der Waals surface area contributed by atoms with E-state index < -0.39 is 28.1 Å². The van der Waals surface area contributed by atoms with E-state index in [1.165, 1.54) is 12.1 Å². The molecule has 2 aromatic rings. The van der Waals surface area contributed by atoms with Gasteiger partial charge in [0.1, 0.15) is 12.6 Å². The maximum Gasteiger partial charge on any atom is 0.408 e. The zero-order chi connectivity index (χ0) is 22.0. The summed E-state index contributed by atoms with van der Waals surface area (Å²) in [4.78, 5) is 23.4. The van der Waals surface area contributed by atoms with Crippen LogP contribution in [0.25, 0.3) is 0 Å². The Hall–Kier alpha value is -2.91. The molecule has 0 fully saturated rings. The van der Waals surface area contributed by atoms with Crippen molar-refractivity contribution in [3.05, 3.63) is 65.7 Å². The van der Waals surface area contributed by atoms with Gasteiger partial charge in [-0.05, 0) is 43.9 Å². The Labute approximate surface area is 176 Å². The van der Waals surface area contributed by atoms with E-state index in [2.05, 4.69) is 10.0 Å². The normalized spacial score (nSPS) is 12.2. The zero-order valence-electron chi connectivity index (χ0n) is 16.7. The Morgan fingerprint density at radius 1 is 1.03 bits per heavy atom. The summed E-state index contributed by atoms with van der Waals surface area (Å²) in [6, 6.07) is 14.4. The highest BCUT2D eigenvalue weighted by molar-refractivity contribution is 7.89. The van der Waals surface area contributed by atoms with Crippen molar-refractivity contribution in [2.24, 2.45) is 0 Å². The highest BCUT2D eigenvalue weighted by Crippen LogP contribution is 2.10. The minimum absolute atomic E-state index is 0.0415. The van der Waals surface area contributed by atoms with Crippen LogP contribution < -0.4 is 10.0 Å². The van der Waals surface area contributed by atoms with E-state index in [1.54, 1.807) is 24.3 Å². The molecular formula is C21H26N2O6S. The summed E-state index contributed by atoms with van der Waals surface area (Å²) in [6.07, 6.45) is 0.176. The molecular weight excluding hydrogens is 408 g/mol. The number of unbranched alkanes of at least 4 members (excludes halogenated alkanes) is 1. The quantitative estimate of drug-likeness (QED) is 0.468. The number of sulfonamides is 1. The molecule has 0 aliphatic heterocycles. The highest BCUT2D eigenvalue weighted by Gasteiger charge is 2.20. The summed E-state index contributed by atoms with van der Waals surface area (Å²) in [5, 5.41) is 11.6. The first-order chi connectivity index (χ1) is 14.3. The number of benzene rings is 2. The Balaban J connectivity index is 1.72. The molecule has 9 heteroatoms. The lowest BCUT2D eigenvalue weighted by molar-refractivity contribution is -0.139. The summed E-state index contributed by atoms with van der Waals surface area (Å²) in [7, 11) is -3.60. The molecule has 0 aromatic heterocycles. The lowest BCUT2D eigenvalue weighted by atomic mass is 10.1. The minimum atomic E-state index is -3.60. The van der Waals surface area contributed by atoms with E-state index in [4.69, 9.17) is 4.74 Å². The third kappa shape index (κ3) is 7.84. The number of hydrogen-bond donors (Lipinski definition) is 3. The third-order valence-corrected chi connectivity index (χ3v) is 5.82. The minimum Gasteiger partial charge on any atom is -0.480 e. The monoisotopic (exact) mass is 434 g/mol. The van der Waals surface area contributed by atoms with Gasteiger partial charge in [-0.25, -0.2) is 22.7 Å². The van der Waals surface area contributed by atoms with Crippen molar-refractivity contribution >= 4 is 22.1 Å². The van der Waals surface area contributed by atoms with Crippen molar-refractivity contribution in [2.75, 3.05) is 6.54 Å². The number of carboxylic acids is 1. The molecule has 2 aromatic carbocycles. The molecule has 8 nitrogen and oxygen atoms in total. The van der Waals surface area contributed by atoms with E-state index in [9.17, 15) is 23.1 Å². The number of nitrogens with one attached hydrogen (secondary N) is 2. The SMILES string of the molecule is Cc1ccc(S(=O)(=O)NCCCCC(NC(=O)OCc2ccccc2)C(=O)O)cc1. The van der Waals surface area contributed by atoms with Crippen LogP contribution in [-0.4, -0.2) is 38.2 Å². The van der Waals surface area contributed by atoms with Crippen LogP contribution in [0, 0.1) is 6.92 Å². The molecule has 1 unspecified atom stereocenters. The third-order valence-electron chi connectivity index (χ3n) is 4.35. The first-order valence-corrected chi connectivity index (χ1v) is 11.0. The van der Waals surface area contributed by atoms with Gasteiger partial charge in [-0.15, -0.1) is 0 Å². The van der Waals surface area contributed by atoms with E-state index in [1.807, 2.05) is 25.1 Å². The van der Waals surface area contributed by atoms with E-state index in [0.717, 1.165) is 11.1 Å². The number of alkyl carbamates (subject to hydrolysis) is 1. The van der Waals surface area contributed by atoms with E-state index in [-0.39, 0.29) is 24.5 Å². The number of rotatable bonds is 11. The van der Waals surface area contributed by atoms with Crippen LogP contribution >= 0.6 is 0 Å². The predicted molar refractivity (Wildman–Crippen MR) is 111 cm³/mol. The molecule has 0 saturated carbocycles. The highest BCUT2D eigenvalue weighted by atomic mass is 32.2. The molecule has 0 aliphatic rings. The predicted octanol–water partition coefficient (Wildman–Crippen LogP) is 2.82. The topological polar surface area (TPSA) is 122 Å². The summed E-state index contributed by atoms with van der Waals surface area (Å²) in [5.74, 6) is -1.17. The first kappa shape index (κ1) is 23.4. The molecule has 0 radical (unpaired) electrons. The molecule has 0 heterocycles. The van der Waals surface area contributed by atoms with Crippen LogP contribution in [0.1, 0.15) is 30.4 Å². The van der Waals surface area contributed by atoms with E-state index >= 15 is 0 Å². The van der Waals surface area contributed by atoms with Gasteiger partial charge in [0.2, 0.25) is 10.0 Å². The summed E-state index contributed by atoms with van der Waals surface area (Å²) in [5.41, 5.74) is 1.75. The molecule has 30 heavy (non-hydrogen) atoms. The molecule has 162 valence electrons. The van der Waals surface area contributed by atoms with Crippen molar-refractivity contribution in [3.63, 3.8) is 0 Å². The molecule has 1 amide bonds. The standard InChI is InChI=1S/C21H26N2O6S/c1-16-10-12-18(13-11-16)30(27,28)22-14-6-5-9-19(20(24)25)23-21(26)29-15-17-7-3-2-4-8-17/h2-4,7-8,10-13,19,22H,5-6,9,14-15H2,1H3,(H,23,26)(H,24,25). The summed E-state index contributed by atoms with van der Waals surface area (Å²) >= 11 is 0. The molecule has 3 N–H and O–H groups in total. The number of carboxylic acid groups (broad SMARTS) is 1. The molecule has 2 rings (SSSR count). The molecule has 1 atom stereocenters. The second-order valence-electron chi connectivity index (χ2n) is 6.80. The Bertz CT molecular complexity index is 930. The largest absolute Gasteiger partial charge is 0.480 e. The lowest BCUT2D eigenvalue weighted by Crippen LogP contribution is -2.41. The van der Waals surface area contributed by atoms with Crippen molar-refractivity contribution in [1.29, 1.82) is 0 Å². The zero-order valence-corrected chi connectivity index (χ0v) is 17.5. The van der Waals surface area contributed by atoms with Gasteiger partial charge < -0.3 is 15.2 Å². The van der Waals surface area contributed by atoms with Crippen molar-refractivity contribution < 1.29 is 27.9 Å². The first-order valence-electron chi connectivity index (χ1n) is 9.54. The van der Waals surface area contributed by atoms with Gasteiger partial charge in [0.15, 0.2) is 0 Å². The van der Waals surface area contributed by atoms with Gasteiger partial charge in [-0.2, -0.15) is 0 Å². The van der Waals surface area contributed by atoms with Gasteiger partial charge in [0.25, 0.3) is 0 Å². The number of aryl methyl sites for hydroxylation is 1. The van der Waals surface area contributed by atoms with Gasteiger partial charge in [0.05, 0.1) is 4.90 Å². The van der Waals surface area contributed by atoms with Crippen LogP contribution in [0.4, 0.5) is 4.79 Å². The molecule has 0 aliphatic carbocycles. The fourth-order valence-corrected chi connectivity index (χ4v) is 3.72. The second-order valence-corrected chi connectivity index (χ2v) is 8.57. The number of carbonyl (C=O) groups excluding carboxylic acids is 1. The van der Waals surface area contributed by atoms with Crippen LogP contribution in [0.3, 0.4) is 0 Å². The Morgan fingerprint density at radius 2 is 1.70 bits per heavy atom. The van der Waals surface area contributed by atoms with Crippen molar-refractivity contribution in [2.45, 2.75) is 43.7 Å². The summed E-state index contributed by atoms with van der Waals surface area (Å²) < 4.78 is 31.9. The number of amides is 1. The fraction of sp³-hybridized carbons (Fsp3) is 0.333. The number of aliphatic carboxylic acids is 1. The van der Waals surface area contributed by atoms with E-state index in [0.29, 0.717) is 12.8 Å². The number of ether oxygens (including phenoxy) is 1. The van der Waals surface area contributed by atoms with Crippen LogP contribution in [-0.2, 0) is 26.2 Å². The maximum atomic E-state index is 12.2. The van der Waals surface area contributed by atoms with Crippen LogP contribution in [0.5, 0.6) is 0 Å². The van der Waals surface area contributed by atoms with Crippen LogP contribution in [0.15, 0.2) is 59.5 Å². The van der Waals surface area contributed by atoms with Crippen LogP contribution in [0.2, 0.25) is 0 Å². The molecule has 0 bridgehead atoms.